The van der Waals surface area contributed by atoms with Gasteiger partial charge in [-0.2, -0.15) is 5.10 Å². The number of hydrogen-bond donors (Lipinski definition) is 2. The van der Waals surface area contributed by atoms with E-state index in [1.807, 2.05) is 38.1 Å². The maximum atomic E-state index is 11.7. The average molecular weight is 259 g/mol. The molecule has 0 saturated carbocycles. The summed E-state index contributed by atoms with van der Waals surface area (Å²) in [5, 5.41) is 9.65. The zero-order chi connectivity index (χ0) is 13.8. The van der Waals surface area contributed by atoms with E-state index in [9.17, 15) is 4.79 Å². The van der Waals surface area contributed by atoms with Crippen LogP contribution in [0.5, 0.6) is 0 Å². The molecule has 19 heavy (non-hydrogen) atoms. The molecule has 0 aliphatic carbocycles. The normalized spacial score (nSPS) is 10.3. The number of rotatable bonds is 3. The topological polar surface area (TPSA) is 71.8 Å². The minimum absolute atomic E-state index is 0.272. The van der Waals surface area contributed by atoms with Gasteiger partial charge in [-0.1, -0.05) is 6.07 Å². The fraction of sp³-hybridized carbons (Fsp3) is 0.308. The fourth-order valence-corrected chi connectivity index (χ4v) is 1.76. The van der Waals surface area contributed by atoms with Crippen molar-refractivity contribution in [2.75, 3.05) is 5.32 Å². The molecule has 0 unspecified atom stereocenters. The Morgan fingerprint density at radius 3 is 2.74 bits per heavy atom. The summed E-state index contributed by atoms with van der Waals surface area (Å²) in [6, 6.07) is 7.25. The summed E-state index contributed by atoms with van der Waals surface area (Å²) in [5.74, 6) is 0.659. The molecule has 2 amide bonds. The Balaban J connectivity index is 1.90. The number of nitrogens with zero attached hydrogens (tertiary/aromatic N) is 3. The zero-order valence-corrected chi connectivity index (χ0v) is 11.3. The minimum atomic E-state index is -0.272. The Kier molecular flexibility index (Phi) is 3.79. The summed E-state index contributed by atoms with van der Waals surface area (Å²) in [6.07, 6.45) is 0. The smallest absolute Gasteiger partial charge is 0.320 e. The molecule has 0 aliphatic rings. The number of pyridine rings is 1. The third kappa shape index (κ3) is 3.54. The van der Waals surface area contributed by atoms with Crippen LogP contribution in [0.2, 0.25) is 0 Å². The molecule has 2 N–H and O–H groups in total. The Bertz CT molecular complexity index is 590. The lowest BCUT2D eigenvalue weighted by Crippen LogP contribution is -2.29. The maximum Gasteiger partial charge on any atom is 0.320 e. The van der Waals surface area contributed by atoms with Crippen LogP contribution in [0.1, 0.15) is 17.1 Å². The van der Waals surface area contributed by atoms with Crippen LogP contribution in [0.15, 0.2) is 24.3 Å². The predicted octanol–water partition coefficient (Wildman–Crippen LogP) is 1.75. The second-order valence-corrected chi connectivity index (χ2v) is 4.37. The van der Waals surface area contributed by atoms with Gasteiger partial charge < -0.3 is 5.32 Å². The third-order valence-corrected chi connectivity index (χ3v) is 2.62. The Morgan fingerprint density at radius 1 is 1.32 bits per heavy atom. The number of aryl methyl sites for hydroxylation is 3. The lowest BCUT2D eigenvalue weighted by Gasteiger charge is -2.07. The number of anilines is 1. The molecule has 2 aromatic rings. The standard InChI is InChI=1S/C13H17N5O/c1-9-5-4-6-11(15-9)8-14-13(19)16-12-7-10(2)17-18(12)3/h4-7H,8H2,1-3H3,(H2,14,16,19). The highest BCUT2D eigenvalue weighted by Gasteiger charge is 2.06. The quantitative estimate of drug-likeness (QED) is 0.882. The van der Waals surface area contributed by atoms with Gasteiger partial charge in [-0.25, -0.2) is 4.79 Å². The first-order chi connectivity index (χ1) is 9.04. The molecule has 0 spiro atoms. The van der Waals surface area contributed by atoms with Gasteiger partial charge in [0.1, 0.15) is 5.82 Å². The zero-order valence-electron chi connectivity index (χ0n) is 11.3. The highest BCUT2D eigenvalue weighted by Crippen LogP contribution is 2.07. The van der Waals surface area contributed by atoms with Gasteiger partial charge in [-0.3, -0.25) is 15.0 Å². The number of carbonyl (C=O) groups excluding carboxylic acids is 1. The van der Waals surface area contributed by atoms with Gasteiger partial charge in [0.2, 0.25) is 0 Å². The van der Waals surface area contributed by atoms with Crippen molar-refractivity contribution in [1.82, 2.24) is 20.1 Å². The molecule has 2 heterocycles. The predicted molar refractivity (Wildman–Crippen MR) is 72.8 cm³/mol. The number of urea groups is 1. The number of amides is 2. The van der Waals surface area contributed by atoms with Gasteiger partial charge in [0.05, 0.1) is 17.9 Å². The van der Waals surface area contributed by atoms with E-state index in [2.05, 4.69) is 20.7 Å². The van der Waals surface area contributed by atoms with Crippen molar-refractivity contribution in [3.8, 4) is 0 Å². The Labute approximate surface area is 111 Å². The van der Waals surface area contributed by atoms with Gasteiger partial charge in [0.25, 0.3) is 0 Å². The first kappa shape index (κ1) is 13.1. The number of hydrogen-bond acceptors (Lipinski definition) is 3. The molecule has 0 atom stereocenters. The number of nitrogens with one attached hydrogen (secondary N) is 2. The van der Waals surface area contributed by atoms with Crippen LogP contribution >= 0.6 is 0 Å². The Hall–Kier alpha value is -2.37. The summed E-state index contributed by atoms with van der Waals surface area (Å²) < 4.78 is 1.62. The molecule has 6 heteroatoms. The molecule has 0 bridgehead atoms. The van der Waals surface area contributed by atoms with Crippen LogP contribution in [-0.2, 0) is 13.6 Å². The van der Waals surface area contributed by atoms with E-state index in [0.29, 0.717) is 12.4 Å². The molecule has 2 rings (SSSR count). The van der Waals surface area contributed by atoms with Crippen molar-refractivity contribution in [1.29, 1.82) is 0 Å². The van der Waals surface area contributed by atoms with Gasteiger partial charge >= 0.3 is 6.03 Å². The lowest BCUT2D eigenvalue weighted by atomic mass is 10.3. The maximum absolute atomic E-state index is 11.7. The molecule has 0 aliphatic heterocycles. The van der Waals surface area contributed by atoms with Crippen LogP contribution in [-0.4, -0.2) is 20.8 Å². The summed E-state index contributed by atoms with van der Waals surface area (Å²) >= 11 is 0. The van der Waals surface area contributed by atoms with Crippen molar-refractivity contribution in [3.05, 3.63) is 41.3 Å². The highest BCUT2D eigenvalue weighted by atomic mass is 16.2. The van der Waals surface area contributed by atoms with E-state index >= 15 is 0 Å². The van der Waals surface area contributed by atoms with E-state index in [0.717, 1.165) is 17.1 Å². The first-order valence-corrected chi connectivity index (χ1v) is 6.02. The second kappa shape index (κ2) is 5.51. The average Bonchev–Trinajstić information content (AvgIpc) is 2.65. The molecule has 100 valence electrons. The lowest BCUT2D eigenvalue weighted by molar-refractivity contribution is 0.251. The summed E-state index contributed by atoms with van der Waals surface area (Å²) in [4.78, 5) is 16.1. The highest BCUT2D eigenvalue weighted by molar-refractivity contribution is 5.88. The minimum Gasteiger partial charge on any atom is -0.332 e. The number of aromatic nitrogens is 3. The third-order valence-electron chi connectivity index (χ3n) is 2.62. The van der Waals surface area contributed by atoms with E-state index in [1.165, 1.54) is 0 Å². The van der Waals surface area contributed by atoms with Gasteiger partial charge in [-0.05, 0) is 26.0 Å². The second-order valence-electron chi connectivity index (χ2n) is 4.37. The van der Waals surface area contributed by atoms with Gasteiger partial charge in [-0.15, -0.1) is 0 Å². The van der Waals surface area contributed by atoms with E-state index < -0.39 is 0 Å². The van der Waals surface area contributed by atoms with Crippen LogP contribution in [0.4, 0.5) is 10.6 Å². The van der Waals surface area contributed by atoms with Crippen LogP contribution in [0.3, 0.4) is 0 Å². The van der Waals surface area contributed by atoms with Crippen molar-refractivity contribution < 1.29 is 4.79 Å². The van der Waals surface area contributed by atoms with E-state index in [-0.39, 0.29) is 6.03 Å². The molecule has 0 radical (unpaired) electrons. The van der Waals surface area contributed by atoms with Crippen molar-refractivity contribution in [2.45, 2.75) is 20.4 Å². The Morgan fingerprint density at radius 2 is 2.11 bits per heavy atom. The SMILES string of the molecule is Cc1cccc(CNC(=O)Nc2cc(C)nn2C)n1. The molecule has 2 aromatic heterocycles. The molecule has 0 aromatic carbocycles. The van der Waals surface area contributed by atoms with Gasteiger partial charge in [0, 0.05) is 18.8 Å². The fourth-order valence-electron chi connectivity index (χ4n) is 1.76. The molecule has 0 saturated heterocycles. The van der Waals surface area contributed by atoms with Gasteiger partial charge in [0.15, 0.2) is 0 Å². The molecule has 0 fully saturated rings. The summed E-state index contributed by atoms with van der Waals surface area (Å²) in [7, 11) is 1.78. The summed E-state index contributed by atoms with van der Waals surface area (Å²) in [6.45, 7) is 4.19. The molecule has 6 nitrogen and oxygen atoms in total. The van der Waals surface area contributed by atoms with Crippen LogP contribution < -0.4 is 10.6 Å². The summed E-state index contributed by atoms with van der Waals surface area (Å²) in [5.41, 5.74) is 2.62. The van der Waals surface area contributed by atoms with Crippen molar-refractivity contribution in [2.24, 2.45) is 7.05 Å². The van der Waals surface area contributed by atoms with E-state index in [1.54, 1.807) is 11.7 Å². The van der Waals surface area contributed by atoms with E-state index in [4.69, 9.17) is 0 Å². The number of carbonyl (C=O) groups is 1. The molecular formula is C13H17N5O. The molecular weight excluding hydrogens is 242 g/mol. The van der Waals surface area contributed by atoms with Crippen molar-refractivity contribution in [3.63, 3.8) is 0 Å². The van der Waals surface area contributed by atoms with Crippen LogP contribution in [0.25, 0.3) is 0 Å². The van der Waals surface area contributed by atoms with Crippen LogP contribution in [0, 0.1) is 13.8 Å². The monoisotopic (exact) mass is 259 g/mol. The largest absolute Gasteiger partial charge is 0.332 e. The first-order valence-electron chi connectivity index (χ1n) is 6.02. The van der Waals surface area contributed by atoms with Crippen molar-refractivity contribution >= 4 is 11.8 Å².